The number of benzene rings is 2. The van der Waals surface area contributed by atoms with E-state index in [1.807, 2.05) is 6.92 Å². The number of carbonyl (C=O) groups is 2. The van der Waals surface area contributed by atoms with Gasteiger partial charge in [0.05, 0.1) is 18.2 Å². The zero-order chi connectivity index (χ0) is 29.4. The van der Waals surface area contributed by atoms with Gasteiger partial charge in [0, 0.05) is 28.7 Å². The van der Waals surface area contributed by atoms with Crippen LogP contribution in [0.25, 0.3) is 0 Å². The molecule has 0 heterocycles. The van der Waals surface area contributed by atoms with Crippen molar-refractivity contribution in [1.82, 2.24) is 5.32 Å². The van der Waals surface area contributed by atoms with Gasteiger partial charge >= 0.3 is 5.97 Å². The van der Waals surface area contributed by atoms with Crippen LogP contribution in [-0.4, -0.2) is 30.2 Å². The van der Waals surface area contributed by atoms with Crippen molar-refractivity contribution in [3.8, 4) is 0 Å². The van der Waals surface area contributed by atoms with Crippen LogP contribution in [0.15, 0.2) is 64.8 Å². The number of carbonyl (C=O) groups excluding carboxylic acids is 2. The summed E-state index contributed by atoms with van der Waals surface area (Å²) in [4.78, 5) is 31.8. The highest BCUT2D eigenvalue weighted by Crippen LogP contribution is 2.71. The largest absolute Gasteiger partial charge is 0.466 e. The van der Waals surface area contributed by atoms with Crippen LogP contribution in [0.2, 0.25) is 0 Å². The molecule has 42 heavy (non-hydrogen) atoms. The molecular weight excluding hydrogens is 529 g/mol. The molecule has 2 aromatic rings. The van der Waals surface area contributed by atoms with Crippen molar-refractivity contribution in [2.45, 2.75) is 77.7 Å². The number of hydrogen-bond donors (Lipinski definition) is 2. The number of fused-ring (bicyclic) bond motifs is 3. The van der Waals surface area contributed by atoms with Gasteiger partial charge in [-0.25, -0.2) is 4.39 Å². The van der Waals surface area contributed by atoms with Crippen molar-refractivity contribution in [3.63, 3.8) is 0 Å². The molecule has 4 aliphatic rings. The molecule has 7 heteroatoms. The number of aryl methyl sites for hydroxylation is 1. The van der Waals surface area contributed by atoms with Crippen LogP contribution in [0.5, 0.6) is 0 Å². The van der Waals surface area contributed by atoms with Crippen LogP contribution in [0.3, 0.4) is 0 Å². The molecule has 4 aliphatic carbocycles. The van der Waals surface area contributed by atoms with Crippen molar-refractivity contribution in [2.75, 3.05) is 6.61 Å². The van der Waals surface area contributed by atoms with Crippen molar-refractivity contribution in [3.05, 3.63) is 76.7 Å². The number of amides is 1. The highest BCUT2D eigenvalue weighted by molar-refractivity contribution is 6.10. The number of rotatable bonds is 7. The Hall–Kier alpha value is -3.48. The maximum atomic E-state index is 13.8. The maximum Gasteiger partial charge on any atom is 0.309 e. The Balaban J connectivity index is 1.29. The number of nitrogens with one attached hydrogen (secondary N) is 1. The van der Waals surface area contributed by atoms with Crippen LogP contribution in [0.4, 0.5) is 10.1 Å². The van der Waals surface area contributed by atoms with Crippen LogP contribution in [-0.2, 0) is 20.7 Å². The molecule has 4 unspecified atom stereocenters. The first-order valence-corrected chi connectivity index (χ1v) is 15.7. The van der Waals surface area contributed by atoms with E-state index in [0.29, 0.717) is 30.6 Å². The first-order chi connectivity index (χ1) is 20.3. The van der Waals surface area contributed by atoms with E-state index >= 15 is 0 Å². The second-order valence-electron chi connectivity index (χ2n) is 12.8. The average molecular weight is 572 g/mol. The van der Waals surface area contributed by atoms with E-state index in [1.54, 1.807) is 12.1 Å². The smallest absolute Gasteiger partial charge is 0.309 e. The van der Waals surface area contributed by atoms with Gasteiger partial charge in [-0.1, -0.05) is 36.2 Å². The fourth-order valence-electron chi connectivity index (χ4n) is 8.29. The molecule has 6 rings (SSSR count). The topological polar surface area (TPSA) is 93.8 Å². The van der Waals surface area contributed by atoms with Gasteiger partial charge in [-0.3, -0.25) is 14.6 Å². The molecule has 4 saturated carbocycles. The lowest BCUT2D eigenvalue weighted by Gasteiger charge is -2.30. The normalized spacial score (nSPS) is 32.1. The van der Waals surface area contributed by atoms with Crippen molar-refractivity contribution < 1.29 is 18.7 Å². The van der Waals surface area contributed by atoms with E-state index < -0.39 is 0 Å². The molecule has 0 radical (unpaired) electrons. The van der Waals surface area contributed by atoms with Gasteiger partial charge in [-0.05, 0) is 107 Å². The number of allylic oxidation sites excluding steroid dienone is 1. The van der Waals surface area contributed by atoms with Gasteiger partial charge in [0.25, 0.3) is 5.91 Å². The lowest BCUT2D eigenvalue weighted by atomic mass is 9.75. The van der Waals surface area contributed by atoms with Crippen molar-refractivity contribution >= 4 is 23.3 Å². The van der Waals surface area contributed by atoms with Gasteiger partial charge in [0.2, 0.25) is 0 Å². The third-order valence-corrected chi connectivity index (χ3v) is 10.3. The molecule has 0 saturated heterocycles. The lowest BCUT2D eigenvalue weighted by molar-refractivity contribution is -0.153. The maximum absolute atomic E-state index is 13.8. The summed E-state index contributed by atoms with van der Waals surface area (Å²) in [6.45, 7) is 4.30. The van der Waals surface area contributed by atoms with Crippen molar-refractivity contribution in [2.24, 2.45) is 39.8 Å². The highest BCUT2D eigenvalue weighted by Gasteiger charge is 2.73. The molecule has 1 amide bonds. The fraction of sp³-hybridized carbons (Fsp3) is 0.514. The third-order valence-electron chi connectivity index (χ3n) is 10.3. The molecule has 6 atom stereocenters. The summed E-state index contributed by atoms with van der Waals surface area (Å²) in [6, 6.07) is 14.6. The average Bonchev–Trinajstić information content (AvgIpc) is 3.36. The minimum absolute atomic E-state index is 0.0690. The van der Waals surface area contributed by atoms with E-state index in [1.165, 1.54) is 23.3 Å². The Morgan fingerprint density at radius 1 is 1.07 bits per heavy atom. The fourth-order valence-corrected chi connectivity index (χ4v) is 8.29. The van der Waals surface area contributed by atoms with Crippen LogP contribution in [0, 0.1) is 41.8 Å². The number of esters is 1. The number of aliphatic imine (C=N–C) groups is 1. The Bertz CT molecular complexity index is 1400. The summed E-state index contributed by atoms with van der Waals surface area (Å²) in [5, 5.41) is 3.24. The molecular formula is C35H42FN3O3. The van der Waals surface area contributed by atoms with E-state index in [0.717, 1.165) is 62.7 Å². The Morgan fingerprint density at radius 2 is 1.83 bits per heavy atom. The zero-order valence-electron chi connectivity index (χ0n) is 24.7. The molecule has 1 spiro atoms. The van der Waals surface area contributed by atoms with Gasteiger partial charge in [0.1, 0.15) is 11.5 Å². The molecule has 2 bridgehead atoms. The van der Waals surface area contributed by atoms with Gasteiger partial charge < -0.3 is 15.8 Å². The summed E-state index contributed by atoms with van der Waals surface area (Å²) >= 11 is 0. The molecule has 0 aliphatic heterocycles. The zero-order valence-corrected chi connectivity index (χ0v) is 24.7. The van der Waals surface area contributed by atoms with E-state index in [9.17, 15) is 14.0 Å². The minimum atomic E-state index is -0.314. The lowest BCUT2D eigenvalue weighted by Crippen LogP contribution is -2.41. The van der Waals surface area contributed by atoms with Gasteiger partial charge in [-0.15, -0.1) is 0 Å². The van der Waals surface area contributed by atoms with E-state index in [4.69, 9.17) is 15.5 Å². The number of halogens is 1. The Labute approximate surface area is 248 Å². The minimum Gasteiger partial charge on any atom is -0.466 e. The highest BCUT2D eigenvalue weighted by atomic mass is 19.1. The number of hydrogen-bond acceptors (Lipinski definition) is 5. The van der Waals surface area contributed by atoms with E-state index in [-0.39, 0.29) is 46.7 Å². The number of nitrogens with zero attached hydrogens (tertiary/aromatic N) is 1. The number of ether oxygens (including phenoxy) is 1. The Morgan fingerprint density at radius 3 is 2.57 bits per heavy atom. The summed E-state index contributed by atoms with van der Waals surface area (Å²) < 4.78 is 19.2. The predicted octanol–water partition coefficient (Wildman–Crippen LogP) is 6.34. The SMILES string of the molecule is CCOC(=O)[C@H]1C2CCC(C2)[C@@]12CC2NC(=O)C(N)=C1CCCCC(Cc2ccc(C)cc2)C1=Nc1ccc(F)cc1. The first-order valence-electron chi connectivity index (χ1n) is 15.7. The summed E-state index contributed by atoms with van der Waals surface area (Å²) in [5.41, 5.74) is 11.4. The predicted molar refractivity (Wildman–Crippen MR) is 161 cm³/mol. The Kier molecular flexibility index (Phi) is 7.95. The summed E-state index contributed by atoms with van der Waals surface area (Å²) in [6.07, 6.45) is 8.32. The molecule has 6 nitrogen and oxygen atoms in total. The van der Waals surface area contributed by atoms with Crippen LogP contribution < -0.4 is 11.1 Å². The first kappa shape index (κ1) is 28.6. The standard InChI is InChI=1S/C35H42FN3O3/c1-3-42-34(41)30-23-12-13-25(19-23)35(30)20-29(35)39-33(40)31(37)28-7-5-4-6-24(18-22-10-8-21(2)9-11-22)32(28)38-27-16-14-26(36)15-17-27/h8-11,14-17,23-25,29-30H,3-7,12-13,18-20,37H2,1-2H3,(H,39,40)/t23?,24?,25?,29?,30-,35-/m1/s1. The molecule has 2 aromatic carbocycles. The quantitative estimate of drug-likeness (QED) is 0.231. The van der Waals surface area contributed by atoms with Crippen LogP contribution >= 0.6 is 0 Å². The molecule has 0 aromatic heterocycles. The van der Waals surface area contributed by atoms with Crippen molar-refractivity contribution in [1.29, 1.82) is 0 Å². The monoisotopic (exact) mass is 571 g/mol. The second kappa shape index (κ2) is 11.7. The summed E-state index contributed by atoms with van der Waals surface area (Å²) in [7, 11) is 0. The van der Waals surface area contributed by atoms with Gasteiger partial charge in [-0.2, -0.15) is 0 Å². The summed E-state index contributed by atoms with van der Waals surface area (Å²) in [5.74, 6) is 0.0411. The number of nitrogens with two attached hydrogens (primary N) is 1. The van der Waals surface area contributed by atoms with Crippen LogP contribution in [0.1, 0.15) is 69.4 Å². The molecule has 3 N–H and O–H groups in total. The molecule has 4 fully saturated rings. The van der Waals surface area contributed by atoms with E-state index in [2.05, 4.69) is 36.5 Å². The third kappa shape index (κ3) is 5.38. The van der Waals surface area contributed by atoms with Gasteiger partial charge in [0.15, 0.2) is 0 Å². The molecule has 222 valence electrons. The second-order valence-corrected chi connectivity index (χ2v) is 12.8.